The van der Waals surface area contributed by atoms with Gasteiger partial charge in [0.2, 0.25) is 0 Å². The van der Waals surface area contributed by atoms with Gasteiger partial charge in [-0.25, -0.2) is 0 Å². The van der Waals surface area contributed by atoms with Crippen molar-refractivity contribution in [2.75, 3.05) is 19.6 Å². The number of nitrogens with one attached hydrogen (secondary N) is 2. The quantitative estimate of drug-likeness (QED) is 0.802. The number of thioether (sulfide) groups is 1. The van der Waals surface area contributed by atoms with Gasteiger partial charge in [0.05, 0.1) is 0 Å². The number of benzene rings is 1. The van der Waals surface area contributed by atoms with Gasteiger partial charge in [-0.3, -0.25) is 4.99 Å². The molecule has 0 saturated carbocycles. The van der Waals surface area contributed by atoms with Gasteiger partial charge in [0.15, 0.2) is 5.96 Å². The van der Waals surface area contributed by atoms with Gasteiger partial charge in [0.25, 0.3) is 0 Å². The highest BCUT2D eigenvalue weighted by atomic mass is 32.2. The maximum Gasteiger partial charge on any atom is 0.191 e. The fourth-order valence-corrected chi connectivity index (χ4v) is 2.61. The lowest BCUT2D eigenvalue weighted by molar-refractivity contribution is 0.699. The molecule has 2 N–H and O–H groups in total. The first-order chi connectivity index (χ1) is 8.34. The third kappa shape index (κ3) is 4.30. The first-order valence-electron chi connectivity index (χ1n) is 6.08. The van der Waals surface area contributed by atoms with Crippen molar-refractivity contribution < 1.29 is 0 Å². The Morgan fingerprint density at radius 2 is 2.24 bits per heavy atom. The van der Waals surface area contributed by atoms with Crippen molar-refractivity contribution in [3.63, 3.8) is 0 Å². The Morgan fingerprint density at radius 3 is 2.94 bits per heavy atom. The molecule has 1 aromatic rings. The topological polar surface area (TPSA) is 36.4 Å². The monoisotopic (exact) mass is 249 g/mol. The molecule has 1 aliphatic heterocycles. The Balaban J connectivity index is 1.74. The smallest absolute Gasteiger partial charge is 0.191 e. The van der Waals surface area contributed by atoms with Crippen LogP contribution in [0.1, 0.15) is 13.3 Å². The molecule has 3 nitrogen and oxygen atoms in total. The summed E-state index contributed by atoms with van der Waals surface area (Å²) in [5, 5.41) is 7.16. The van der Waals surface area contributed by atoms with E-state index in [4.69, 9.17) is 0 Å². The summed E-state index contributed by atoms with van der Waals surface area (Å²) in [5.41, 5.74) is 0. The van der Waals surface area contributed by atoms with Gasteiger partial charge in [-0.2, -0.15) is 0 Å². The third-order valence-corrected chi connectivity index (χ3v) is 3.65. The lowest BCUT2D eigenvalue weighted by Gasteiger charge is -2.18. The Hall–Kier alpha value is -1.16. The van der Waals surface area contributed by atoms with Crippen LogP contribution in [-0.2, 0) is 0 Å². The van der Waals surface area contributed by atoms with E-state index in [-0.39, 0.29) is 0 Å². The van der Waals surface area contributed by atoms with Crippen LogP contribution in [-0.4, -0.2) is 30.8 Å². The molecule has 0 spiro atoms. The number of rotatable bonds is 4. The summed E-state index contributed by atoms with van der Waals surface area (Å²) in [7, 11) is 0. The fraction of sp³-hybridized carbons (Fsp3) is 0.462. The van der Waals surface area contributed by atoms with Crippen LogP contribution in [0.2, 0.25) is 0 Å². The molecule has 0 aromatic heterocycles. The largest absolute Gasteiger partial charge is 0.356 e. The zero-order valence-corrected chi connectivity index (χ0v) is 11.0. The Bertz CT molecular complexity index is 364. The lowest BCUT2D eigenvalue weighted by Crippen LogP contribution is -2.42. The minimum Gasteiger partial charge on any atom is -0.356 e. The molecule has 1 aliphatic rings. The molecule has 17 heavy (non-hydrogen) atoms. The van der Waals surface area contributed by atoms with Crippen LogP contribution >= 0.6 is 11.8 Å². The molecule has 92 valence electrons. The molecule has 0 saturated heterocycles. The molecule has 0 radical (unpaired) electrons. The molecule has 2 rings (SSSR count). The second kappa shape index (κ2) is 6.55. The SMILES string of the molecule is CC(CNC1=NCCCN1)Sc1ccccc1. The van der Waals surface area contributed by atoms with Crippen molar-refractivity contribution in [3.8, 4) is 0 Å². The van der Waals surface area contributed by atoms with Gasteiger partial charge in [0.1, 0.15) is 0 Å². The van der Waals surface area contributed by atoms with E-state index < -0.39 is 0 Å². The van der Waals surface area contributed by atoms with E-state index in [1.165, 1.54) is 4.90 Å². The molecule has 0 fully saturated rings. The summed E-state index contributed by atoms with van der Waals surface area (Å²) in [6.45, 7) is 5.14. The van der Waals surface area contributed by atoms with Crippen molar-refractivity contribution in [1.29, 1.82) is 0 Å². The van der Waals surface area contributed by atoms with E-state index in [0.29, 0.717) is 5.25 Å². The van der Waals surface area contributed by atoms with Gasteiger partial charge in [0, 0.05) is 29.8 Å². The second-order valence-electron chi connectivity index (χ2n) is 4.13. The van der Waals surface area contributed by atoms with Gasteiger partial charge in [-0.15, -0.1) is 11.8 Å². The first kappa shape index (κ1) is 12.3. The minimum absolute atomic E-state index is 0.531. The predicted octanol–water partition coefficient (Wildman–Crippen LogP) is 2.11. The number of guanidine groups is 1. The zero-order chi connectivity index (χ0) is 11.9. The van der Waals surface area contributed by atoms with Crippen LogP contribution in [0, 0.1) is 0 Å². The number of aliphatic imine (C=N–C) groups is 1. The zero-order valence-electron chi connectivity index (χ0n) is 10.1. The van der Waals surface area contributed by atoms with E-state index in [9.17, 15) is 0 Å². The molecular formula is C13H19N3S. The highest BCUT2D eigenvalue weighted by Crippen LogP contribution is 2.21. The maximum atomic E-state index is 4.39. The van der Waals surface area contributed by atoms with Gasteiger partial charge >= 0.3 is 0 Å². The van der Waals surface area contributed by atoms with E-state index in [2.05, 4.69) is 46.8 Å². The Morgan fingerprint density at radius 1 is 1.41 bits per heavy atom. The van der Waals surface area contributed by atoms with Crippen molar-refractivity contribution in [3.05, 3.63) is 30.3 Å². The predicted molar refractivity (Wildman–Crippen MR) is 74.7 cm³/mol. The van der Waals surface area contributed by atoms with Crippen molar-refractivity contribution in [2.24, 2.45) is 4.99 Å². The van der Waals surface area contributed by atoms with Crippen LogP contribution in [0.4, 0.5) is 0 Å². The molecule has 0 bridgehead atoms. The van der Waals surface area contributed by atoms with Gasteiger partial charge in [-0.1, -0.05) is 25.1 Å². The molecule has 1 unspecified atom stereocenters. The number of nitrogens with zero attached hydrogens (tertiary/aromatic N) is 1. The number of hydrogen-bond donors (Lipinski definition) is 2. The Kier molecular flexibility index (Phi) is 4.74. The summed E-state index contributed by atoms with van der Waals surface area (Å²) in [4.78, 5) is 5.71. The van der Waals surface area contributed by atoms with Crippen molar-refractivity contribution in [1.82, 2.24) is 10.6 Å². The van der Waals surface area contributed by atoms with Gasteiger partial charge < -0.3 is 10.6 Å². The summed E-state index contributed by atoms with van der Waals surface area (Å²) >= 11 is 1.89. The molecule has 0 aliphatic carbocycles. The highest BCUT2D eigenvalue weighted by Gasteiger charge is 2.07. The van der Waals surface area contributed by atoms with E-state index in [1.807, 2.05) is 17.8 Å². The molecular weight excluding hydrogens is 230 g/mol. The average Bonchev–Trinajstić information content (AvgIpc) is 2.39. The lowest BCUT2D eigenvalue weighted by atomic mass is 10.4. The minimum atomic E-state index is 0.531. The van der Waals surface area contributed by atoms with E-state index >= 15 is 0 Å². The summed E-state index contributed by atoms with van der Waals surface area (Å²) < 4.78 is 0. The Labute approximate surface area is 107 Å². The van der Waals surface area contributed by atoms with E-state index in [1.54, 1.807) is 0 Å². The standard InChI is InChI=1S/C13H19N3S/c1-11(17-12-6-3-2-4-7-12)10-16-13-14-8-5-9-15-13/h2-4,6-7,11H,5,8-10H2,1H3,(H2,14,15,16). The molecule has 4 heteroatoms. The molecule has 1 heterocycles. The van der Waals surface area contributed by atoms with Crippen molar-refractivity contribution >= 4 is 17.7 Å². The van der Waals surface area contributed by atoms with Crippen LogP contribution < -0.4 is 10.6 Å². The number of hydrogen-bond acceptors (Lipinski definition) is 4. The summed E-state index contributed by atoms with van der Waals surface area (Å²) in [6, 6.07) is 10.5. The highest BCUT2D eigenvalue weighted by molar-refractivity contribution is 8.00. The molecule has 0 amide bonds. The third-order valence-electron chi connectivity index (χ3n) is 2.53. The van der Waals surface area contributed by atoms with Crippen LogP contribution in [0.15, 0.2) is 40.2 Å². The summed E-state index contributed by atoms with van der Waals surface area (Å²) in [6.07, 6.45) is 1.14. The van der Waals surface area contributed by atoms with Crippen molar-refractivity contribution in [2.45, 2.75) is 23.5 Å². The van der Waals surface area contributed by atoms with Crippen LogP contribution in [0.25, 0.3) is 0 Å². The fourth-order valence-electron chi connectivity index (χ4n) is 1.66. The molecule has 1 aromatic carbocycles. The maximum absolute atomic E-state index is 4.39. The van der Waals surface area contributed by atoms with Gasteiger partial charge in [-0.05, 0) is 18.6 Å². The average molecular weight is 249 g/mol. The normalized spacial score (nSPS) is 16.9. The van der Waals surface area contributed by atoms with Crippen LogP contribution in [0.5, 0.6) is 0 Å². The van der Waals surface area contributed by atoms with Crippen LogP contribution in [0.3, 0.4) is 0 Å². The molecule has 1 atom stereocenters. The van der Waals surface area contributed by atoms with E-state index in [0.717, 1.165) is 32.0 Å². The second-order valence-corrected chi connectivity index (χ2v) is 5.64. The summed E-state index contributed by atoms with van der Waals surface area (Å²) in [5.74, 6) is 0.955. The first-order valence-corrected chi connectivity index (χ1v) is 6.96.